The molecule has 1 aliphatic rings. The molecule has 0 spiro atoms. The van der Waals surface area contributed by atoms with Crippen molar-refractivity contribution in [3.8, 4) is 5.75 Å². The molecule has 1 atom stereocenters. The summed E-state index contributed by atoms with van der Waals surface area (Å²) in [6.45, 7) is 5.68. The maximum absolute atomic E-state index is 13.6. The summed E-state index contributed by atoms with van der Waals surface area (Å²) in [5, 5.41) is 3.33. The molecule has 0 aliphatic carbocycles. The van der Waals surface area contributed by atoms with Crippen molar-refractivity contribution in [3.63, 3.8) is 0 Å². The number of ether oxygens (including phenoxy) is 1. The highest BCUT2D eigenvalue weighted by Gasteiger charge is 2.39. The second kappa shape index (κ2) is 9.92. The summed E-state index contributed by atoms with van der Waals surface area (Å²) in [7, 11) is 3.72. The van der Waals surface area contributed by atoms with E-state index in [1.54, 1.807) is 12.1 Å². The Hall–Kier alpha value is -2.58. The number of halogens is 3. The smallest absolute Gasteiger partial charge is 0.406 e. The second-order valence-corrected chi connectivity index (χ2v) is 8.26. The molecular weight excluding hydrogens is 419 g/mol. The molecule has 0 radical (unpaired) electrons. The van der Waals surface area contributed by atoms with E-state index in [1.165, 1.54) is 12.1 Å². The average molecular weight is 450 g/mol. The molecule has 1 N–H and O–H groups in total. The third-order valence-electron chi connectivity index (χ3n) is 6.13. The molecule has 3 rings (SSSR count). The zero-order valence-corrected chi connectivity index (χ0v) is 18.7. The van der Waals surface area contributed by atoms with Crippen molar-refractivity contribution in [2.45, 2.75) is 31.7 Å². The average Bonchev–Trinajstić information content (AvgIpc) is 2.78. The molecule has 1 fully saturated rings. The fourth-order valence-corrected chi connectivity index (χ4v) is 4.21. The molecule has 2 aromatic carbocycles. The van der Waals surface area contributed by atoms with Crippen LogP contribution in [0.1, 0.15) is 29.3 Å². The number of hydrogen-bond donors (Lipinski definition) is 1. The van der Waals surface area contributed by atoms with Gasteiger partial charge in [-0.2, -0.15) is 0 Å². The van der Waals surface area contributed by atoms with Crippen molar-refractivity contribution in [1.82, 2.24) is 10.2 Å². The number of carbonyl (C=O) groups is 1. The van der Waals surface area contributed by atoms with Crippen molar-refractivity contribution >= 4 is 11.5 Å². The van der Waals surface area contributed by atoms with Gasteiger partial charge in [-0.05, 0) is 68.9 Å². The number of Topliss-reactive ketones (excluding diaryl/α,β-unsaturated/α-hetero) is 1. The minimum Gasteiger partial charge on any atom is -0.406 e. The zero-order valence-electron chi connectivity index (χ0n) is 18.7. The van der Waals surface area contributed by atoms with Gasteiger partial charge in [0.05, 0.1) is 5.54 Å². The Kier molecular flexibility index (Phi) is 7.46. The van der Waals surface area contributed by atoms with Crippen molar-refractivity contribution in [2.75, 3.05) is 45.2 Å². The molecule has 32 heavy (non-hydrogen) atoms. The topological polar surface area (TPSA) is 44.8 Å². The lowest BCUT2D eigenvalue weighted by Gasteiger charge is -2.38. The number of carbonyl (C=O) groups excluding carboxylic acids is 1. The van der Waals surface area contributed by atoms with Crippen LogP contribution in [0.4, 0.5) is 18.9 Å². The standard InChI is InChI=1S/C24H30F3N3O2/c1-4-23(29(2)3,17-18-5-11-21(12-6-18)32-24(25,26)27)22(31)19-7-9-20(10-8-19)30-15-13-28-14-16-30/h5-12,28H,4,13-17H2,1-3H3. The van der Waals surface area contributed by atoms with Gasteiger partial charge in [0, 0.05) is 37.4 Å². The number of hydrogen-bond acceptors (Lipinski definition) is 5. The molecule has 2 aromatic rings. The first-order valence-electron chi connectivity index (χ1n) is 10.8. The minimum atomic E-state index is -4.73. The fourth-order valence-electron chi connectivity index (χ4n) is 4.21. The highest BCUT2D eigenvalue weighted by atomic mass is 19.4. The molecule has 0 aromatic heterocycles. The zero-order chi connectivity index (χ0) is 23.4. The first-order chi connectivity index (χ1) is 15.1. The van der Waals surface area contributed by atoms with E-state index in [2.05, 4.69) is 15.0 Å². The number of ketones is 1. The van der Waals surface area contributed by atoms with Gasteiger partial charge in [0.25, 0.3) is 0 Å². The maximum atomic E-state index is 13.6. The molecule has 174 valence electrons. The normalized spacial score (nSPS) is 16.7. The molecule has 8 heteroatoms. The monoisotopic (exact) mass is 449 g/mol. The quantitative estimate of drug-likeness (QED) is 0.614. The third kappa shape index (κ3) is 5.61. The Morgan fingerprint density at radius 2 is 1.62 bits per heavy atom. The number of alkyl halides is 3. The number of likely N-dealkylation sites (N-methyl/N-ethyl adjacent to an activating group) is 1. The minimum absolute atomic E-state index is 0.00696. The summed E-state index contributed by atoms with van der Waals surface area (Å²) in [6, 6.07) is 13.4. The Morgan fingerprint density at radius 1 is 1.03 bits per heavy atom. The Bertz CT molecular complexity index is 892. The van der Waals surface area contributed by atoms with E-state index in [0.717, 1.165) is 37.4 Å². The molecule has 0 saturated carbocycles. The van der Waals surface area contributed by atoms with E-state index in [9.17, 15) is 18.0 Å². The van der Waals surface area contributed by atoms with E-state index in [-0.39, 0.29) is 11.5 Å². The summed E-state index contributed by atoms with van der Waals surface area (Å²) in [4.78, 5) is 17.8. The van der Waals surface area contributed by atoms with E-state index in [4.69, 9.17) is 0 Å². The Labute approximate surface area is 187 Å². The van der Waals surface area contributed by atoms with Gasteiger partial charge in [0.15, 0.2) is 5.78 Å². The van der Waals surface area contributed by atoms with E-state index in [0.29, 0.717) is 18.4 Å². The van der Waals surface area contributed by atoms with Crippen LogP contribution in [0.5, 0.6) is 5.75 Å². The number of rotatable bonds is 8. The number of nitrogens with zero attached hydrogens (tertiary/aromatic N) is 2. The molecule has 1 saturated heterocycles. The molecule has 1 unspecified atom stereocenters. The van der Waals surface area contributed by atoms with Gasteiger partial charge in [0.2, 0.25) is 0 Å². The Balaban J connectivity index is 1.81. The lowest BCUT2D eigenvalue weighted by Crippen LogP contribution is -2.52. The first kappa shape index (κ1) is 24.1. The van der Waals surface area contributed by atoms with Gasteiger partial charge in [-0.25, -0.2) is 0 Å². The van der Waals surface area contributed by atoms with Crippen LogP contribution in [0.15, 0.2) is 48.5 Å². The van der Waals surface area contributed by atoms with Gasteiger partial charge < -0.3 is 15.0 Å². The van der Waals surface area contributed by atoms with Crippen LogP contribution in [-0.2, 0) is 6.42 Å². The van der Waals surface area contributed by atoms with E-state index in [1.807, 2.05) is 50.2 Å². The van der Waals surface area contributed by atoms with Crippen LogP contribution in [0.25, 0.3) is 0 Å². The number of nitrogens with one attached hydrogen (secondary N) is 1. The predicted octanol–water partition coefficient (Wildman–Crippen LogP) is 4.13. The van der Waals surface area contributed by atoms with Gasteiger partial charge in [0.1, 0.15) is 5.75 Å². The largest absolute Gasteiger partial charge is 0.573 e. The molecule has 0 bridgehead atoms. The SMILES string of the molecule is CCC(Cc1ccc(OC(F)(F)F)cc1)(C(=O)c1ccc(N2CCNCC2)cc1)N(C)C. The van der Waals surface area contributed by atoms with Crippen LogP contribution < -0.4 is 15.0 Å². The summed E-state index contributed by atoms with van der Waals surface area (Å²) < 4.78 is 41.3. The summed E-state index contributed by atoms with van der Waals surface area (Å²) in [6.07, 6.45) is -3.80. The summed E-state index contributed by atoms with van der Waals surface area (Å²) in [5.74, 6) is -0.282. The van der Waals surface area contributed by atoms with Crippen LogP contribution in [-0.4, -0.2) is 62.9 Å². The third-order valence-corrected chi connectivity index (χ3v) is 6.13. The molecule has 0 amide bonds. The highest BCUT2D eigenvalue weighted by molar-refractivity contribution is 6.03. The fraction of sp³-hybridized carbons (Fsp3) is 0.458. The van der Waals surface area contributed by atoms with Gasteiger partial charge in [-0.3, -0.25) is 9.69 Å². The second-order valence-electron chi connectivity index (χ2n) is 8.26. The van der Waals surface area contributed by atoms with Crippen LogP contribution >= 0.6 is 0 Å². The van der Waals surface area contributed by atoms with Gasteiger partial charge >= 0.3 is 6.36 Å². The summed E-state index contributed by atoms with van der Waals surface area (Å²) >= 11 is 0. The number of anilines is 1. The van der Waals surface area contributed by atoms with E-state index < -0.39 is 11.9 Å². The first-order valence-corrected chi connectivity index (χ1v) is 10.8. The van der Waals surface area contributed by atoms with Crippen molar-refractivity contribution in [2.24, 2.45) is 0 Å². The molecule has 1 aliphatic heterocycles. The lowest BCUT2D eigenvalue weighted by atomic mass is 9.80. The van der Waals surface area contributed by atoms with Crippen molar-refractivity contribution in [1.29, 1.82) is 0 Å². The van der Waals surface area contributed by atoms with Gasteiger partial charge in [-0.15, -0.1) is 13.2 Å². The van der Waals surface area contributed by atoms with Crippen LogP contribution in [0, 0.1) is 0 Å². The lowest BCUT2D eigenvalue weighted by molar-refractivity contribution is -0.274. The Morgan fingerprint density at radius 3 is 2.12 bits per heavy atom. The van der Waals surface area contributed by atoms with Crippen LogP contribution in [0.3, 0.4) is 0 Å². The maximum Gasteiger partial charge on any atom is 0.573 e. The van der Waals surface area contributed by atoms with Crippen molar-refractivity contribution in [3.05, 3.63) is 59.7 Å². The highest BCUT2D eigenvalue weighted by Crippen LogP contribution is 2.30. The molecular formula is C24H30F3N3O2. The number of benzene rings is 2. The van der Waals surface area contributed by atoms with Gasteiger partial charge in [-0.1, -0.05) is 19.1 Å². The molecule has 5 nitrogen and oxygen atoms in total. The summed E-state index contributed by atoms with van der Waals surface area (Å²) in [5.41, 5.74) is 1.66. The molecule has 1 heterocycles. The predicted molar refractivity (Wildman–Crippen MR) is 119 cm³/mol. The van der Waals surface area contributed by atoms with Crippen LogP contribution in [0.2, 0.25) is 0 Å². The van der Waals surface area contributed by atoms with Crippen molar-refractivity contribution < 1.29 is 22.7 Å². The number of piperazine rings is 1. The van der Waals surface area contributed by atoms with E-state index >= 15 is 0 Å².